The van der Waals surface area contributed by atoms with Gasteiger partial charge in [0.05, 0.1) is 36.4 Å². The number of nitro groups is 1. The van der Waals surface area contributed by atoms with Crippen LogP contribution in [0.3, 0.4) is 0 Å². The summed E-state index contributed by atoms with van der Waals surface area (Å²) in [5, 5.41) is 17.0. The van der Waals surface area contributed by atoms with E-state index < -0.39 is 10.8 Å². The number of aromatic nitrogens is 1. The molecule has 1 amide bonds. The van der Waals surface area contributed by atoms with Crippen molar-refractivity contribution in [2.45, 2.75) is 6.04 Å². The van der Waals surface area contributed by atoms with Crippen LogP contribution in [0.5, 0.6) is 5.75 Å². The Morgan fingerprint density at radius 3 is 2.55 bits per heavy atom. The molecule has 0 saturated heterocycles. The highest BCUT2D eigenvalue weighted by Gasteiger charge is 2.19. The van der Waals surface area contributed by atoms with Crippen molar-refractivity contribution in [1.29, 1.82) is 0 Å². The number of carbonyl (C=O) groups is 1. The Morgan fingerprint density at radius 2 is 1.90 bits per heavy atom. The van der Waals surface area contributed by atoms with E-state index in [-0.39, 0.29) is 24.0 Å². The van der Waals surface area contributed by atoms with Crippen LogP contribution >= 0.6 is 0 Å². The van der Waals surface area contributed by atoms with E-state index in [0.29, 0.717) is 5.75 Å². The van der Waals surface area contributed by atoms with E-state index in [1.54, 1.807) is 12.3 Å². The lowest BCUT2D eigenvalue weighted by Gasteiger charge is -2.18. The Balaban J connectivity index is 1.74. The number of methoxy groups -OCH3 is 1. The predicted octanol–water partition coefficient (Wildman–Crippen LogP) is 3.32. The van der Waals surface area contributed by atoms with Crippen LogP contribution in [0, 0.1) is 10.1 Å². The van der Waals surface area contributed by atoms with Crippen LogP contribution in [0.15, 0.2) is 72.9 Å². The van der Waals surface area contributed by atoms with Gasteiger partial charge in [0.1, 0.15) is 11.4 Å². The molecule has 0 radical (unpaired) electrons. The van der Waals surface area contributed by atoms with E-state index in [2.05, 4.69) is 15.6 Å². The molecule has 0 aliphatic carbocycles. The van der Waals surface area contributed by atoms with E-state index in [1.807, 2.05) is 48.5 Å². The summed E-state index contributed by atoms with van der Waals surface area (Å²) in [5.74, 6) is -0.0674. The largest absolute Gasteiger partial charge is 0.496 e. The van der Waals surface area contributed by atoms with E-state index in [9.17, 15) is 14.9 Å². The summed E-state index contributed by atoms with van der Waals surface area (Å²) in [4.78, 5) is 27.6. The van der Waals surface area contributed by atoms with Gasteiger partial charge in [-0.25, -0.2) is 0 Å². The van der Waals surface area contributed by atoms with Crippen molar-refractivity contribution in [3.63, 3.8) is 0 Å². The third kappa shape index (κ3) is 5.14. The highest BCUT2D eigenvalue weighted by Crippen LogP contribution is 2.29. The summed E-state index contributed by atoms with van der Waals surface area (Å²) in [5.41, 5.74) is 1.59. The average Bonchev–Trinajstić information content (AvgIpc) is 2.75. The first-order valence-corrected chi connectivity index (χ1v) is 8.90. The predicted molar refractivity (Wildman–Crippen MR) is 109 cm³/mol. The molecule has 3 aromatic rings. The lowest BCUT2D eigenvalue weighted by atomic mass is 10.0. The molecular formula is C21H20N4O4. The van der Waals surface area contributed by atoms with Gasteiger partial charge in [0.15, 0.2) is 0 Å². The van der Waals surface area contributed by atoms with E-state index in [4.69, 9.17) is 4.74 Å². The molecule has 1 aromatic heterocycles. The minimum absolute atomic E-state index is 0.0562. The Bertz CT molecular complexity index is 941. The van der Waals surface area contributed by atoms with Gasteiger partial charge >= 0.3 is 0 Å². The van der Waals surface area contributed by atoms with E-state index in [1.165, 1.54) is 19.2 Å². The lowest BCUT2D eigenvalue weighted by Crippen LogP contribution is -2.32. The van der Waals surface area contributed by atoms with Gasteiger partial charge in [-0.1, -0.05) is 36.4 Å². The fraction of sp³-hybridized carbons (Fsp3) is 0.143. The number of rotatable bonds is 8. The summed E-state index contributed by atoms with van der Waals surface area (Å²) in [7, 11) is 1.42. The number of nitrogens with one attached hydrogen (secondary N) is 2. The zero-order chi connectivity index (χ0) is 20.6. The second-order valence-corrected chi connectivity index (χ2v) is 6.17. The Kier molecular flexibility index (Phi) is 6.49. The molecule has 29 heavy (non-hydrogen) atoms. The first-order valence-electron chi connectivity index (χ1n) is 8.90. The Labute approximate surface area is 167 Å². The number of hydrogen-bond donors (Lipinski definition) is 2. The number of pyridine rings is 1. The normalized spacial score (nSPS) is 11.5. The number of nitrogens with zero attached hydrogens (tertiary/aromatic N) is 2. The van der Waals surface area contributed by atoms with Crippen molar-refractivity contribution < 1.29 is 14.5 Å². The molecule has 1 heterocycles. The molecule has 0 aliphatic rings. The molecule has 2 N–H and O–H groups in total. The van der Waals surface area contributed by atoms with Gasteiger partial charge in [-0.15, -0.1) is 0 Å². The molecule has 8 heteroatoms. The number of hydrogen-bond acceptors (Lipinski definition) is 6. The number of nitro benzene ring substituents is 1. The molecular weight excluding hydrogens is 372 g/mol. The maximum absolute atomic E-state index is 12.5. The van der Waals surface area contributed by atoms with Crippen LogP contribution in [0.1, 0.15) is 17.3 Å². The molecule has 1 atom stereocenters. The van der Waals surface area contributed by atoms with Gasteiger partial charge < -0.3 is 10.1 Å². The Hall–Kier alpha value is -3.78. The number of anilines is 1. The second kappa shape index (κ2) is 9.43. The molecule has 0 saturated carbocycles. The van der Waals surface area contributed by atoms with E-state index in [0.717, 1.165) is 11.3 Å². The lowest BCUT2D eigenvalue weighted by molar-refractivity contribution is -0.384. The van der Waals surface area contributed by atoms with Gasteiger partial charge in [-0.05, 0) is 29.8 Å². The SMILES string of the molecule is COc1ccc(NC(=O)CNC(c2ccccc2)c2ccccn2)c([N+](=O)[O-])c1. The Morgan fingerprint density at radius 1 is 1.14 bits per heavy atom. The fourth-order valence-electron chi connectivity index (χ4n) is 2.87. The topological polar surface area (TPSA) is 106 Å². The average molecular weight is 392 g/mol. The molecule has 0 spiro atoms. The van der Waals surface area contributed by atoms with Gasteiger partial charge in [-0.3, -0.25) is 25.2 Å². The van der Waals surface area contributed by atoms with Crippen molar-refractivity contribution >= 4 is 17.3 Å². The standard InChI is InChI=1S/C21H20N4O4/c1-29-16-10-11-17(19(13-16)25(27)28)24-20(26)14-23-21(15-7-3-2-4-8-15)18-9-5-6-12-22-18/h2-13,21,23H,14H2,1H3,(H,24,26). The molecule has 0 fully saturated rings. The van der Waals surface area contributed by atoms with Crippen molar-refractivity contribution in [1.82, 2.24) is 10.3 Å². The second-order valence-electron chi connectivity index (χ2n) is 6.17. The molecule has 8 nitrogen and oxygen atoms in total. The first kappa shape index (κ1) is 20.0. The molecule has 148 valence electrons. The van der Waals surface area contributed by atoms with Crippen LogP contribution in [0.25, 0.3) is 0 Å². The smallest absolute Gasteiger partial charge is 0.296 e. The van der Waals surface area contributed by atoms with Crippen LogP contribution < -0.4 is 15.4 Å². The minimum Gasteiger partial charge on any atom is -0.496 e. The fourth-order valence-corrected chi connectivity index (χ4v) is 2.87. The number of carbonyl (C=O) groups excluding carboxylic acids is 1. The maximum Gasteiger partial charge on any atom is 0.296 e. The highest BCUT2D eigenvalue weighted by molar-refractivity contribution is 5.94. The maximum atomic E-state index is 12.5. The molecule has 0 aliphatic heterocycles. The first-order chi connectivity index (χ1) is 14.1. The van der Waals surface area contributed by atoms with Crippen LogP contribution in [0.2, 0.25) is 0 Å². The molecule has 2 aromatic carbocycles. The van der Waals surface area contributed by atoms with Gasteiger partial charge in [-0.2, -0.15) is 0 Å². The third-order valence-corrected chi connectivity index (χ3v) is 4.26. The zero-order valence-corrected chi connectivity index (χ0v) is 15.7. The van der Waals surface area contributed by atoms with Crippen molar-refractivity contribution in [3.05, 3.63) is 94.3 Å². The third-order valence-electron chi connectivity index (χ3n) is 4.26. The number of benzene rings is 2. The summed E-state index contributed by atoms with van der Waals surface area (Å²) in [6.07, 6.45) is 1.69. The van der Waals surface area contributed by atoms with Gasteiger partial charge in [0, 0.05) is 6.20 Å². The summed E-state index contributed by atoms with van der Waals surface area (Å²) in [6.45, 7) is -0.0562. The zero-order valence-electron chi connectivity index (χ0n) is 15.7. The summed E-state index contributed by atoms with van der Waals surface area (Å²) in [6, 6.07) is 19.2. The minimum atomic E-state index is -0.563. The van der Waals surface area contributed by atoms with Gasteiger partial charge in [0.25, 0.3) is 5.69 Å². The van der Waals surface area contributed by atoms with E-state index >= 15 is 0 Å². The highest BCUT2D eigenvalue weighted by atomic mass is 16.6. The van der Waals surface area contributed by atoms with Crippen LogP contribution in [-0.4, -0.2) is 29.5 Å². The van der Waals surface area contributed by atoms with Crippen LogP contribution in [0.4, 0.5) is 11.4 Å². The van der Waals surface area contributed by atoms with Crippen molar-refractivity contribution in [2.75, 3.05) is 19.0 Å². The number of amides is 1. The molecule has 1 unspecified atom stereocenters. The number of ether oxygens (including phenoxy) is 1. The quantitative estimate of drug-likeness (QED) is 0.450. The summed E-state index contributed by atoms with van der Waals surface area (Å²) >= 11 is 0. The molecule has 0 bridgehead atoms. The van der Waals surface area contributed by atoms with Crippen molar-refractivity contribution in [3.8, 4) is 5.75 Å². The monoisotopic (exact) mass is 392 g/mol. The van der Waals surface area contributed by atoms with Gasteiger partial charge in [0.2, 0.25) is 5.91 Å². The molecule has 3 rings (SSSR count). The summed E-state index contributed by atoms with van der Waals surface area (Å²) < 4.78 is 5.01. The van der Waals surface area contributed by atoms with Crippen molar-refractivity contribution in [2.24, 2.45) is 0 Å². The van der Waals surface area contributed by atoms with Crippen LogP contribution in [-0.2, 0) is 4.79 Å².